The van der Waals surface area contributed by atoms with E-state index in [1.165, 1.54) is 99.6 Å². The van der Waals surface area contributed by atoms with Crippen molar-refractivity contribution in [2.75, 3.05) is 4.90 Å². The van der Waals surface area contributed by atoms with Gasteiger partial charge in [0.15, 0.2) is 0 Å². The van der Waals surface area contributed by atoms with E-state index in [0.29, 0.717) is 0 Å². The van der Waals surface area contributed by atoms with Crippen molar-refractivity contribution in [3.05, 3.63) is 208 Å². The summed E-state index contributed by atoms with van der Waals surface area (Å²) in [6.07, 6.45) is 0. The number of benzene rings is 9. The molecule has 11 aromatic rings. The van der Waals surface area contributed by atoms with Gasteiger partial charge in [-0.1, -0.05) is 178 Å². The van der Waals surface area contributed by atoms with Crippen LogP contribution in [0.2, 0.25) is 0 Å². The number of para-hydroxylation sites is 3. The number of aryl methyl sites for hydroxylation is 1. The number of hydrogen-bond acceptors (Lipinski definition) is 3. The quantitative estimate of drug-likeness (QED) is 0.176. The molecule has 0 amide bonds. The van der Waals surface area contributed by atoms with E-state index in [4.69, 9.17) is 8.83 Å². The monoisotopic (exact) mass is 919 g/mol. The molecule has 0 spiro atoms. The molecule has 2 heterocycles. The third-order valence-electron chi connectivity index (χ3n) is 17.1. The fourth-order valence-electron chi connectivity index (χ4n) is 13.7. The van der Waals surface area contributed by atoms with Crippen LogP contribution in [0.15, 0.2) is 173 Å². The Labute approximate surface area is 416 Å². The summed E-state index contributed by atoms with van der Waals surface area (Å²) in [7, 11) is 0. The van der Waals surface area contributed by atoms with Crippen LogP contribution in [0.25, 0.3) is 88.4 Å². The number of anilines is 3. The Morgan fingerprint density at radius 3 is 1.59 bits per heavy atom. The zero-order chi connectivity index (χ0) is 48.7. The minimum Gasteiger partial charge on any atom is -0.455 e. The van der Waals surface area contributed by atoms with Gasteiger partial charge in [-0.2, -0.15) is 0 Å². The summed E-state index contributed by atoms with van der Waals surface area (Å²) >= 11 is 0. The van der Waals surface area contributed by atoms with Gasteiger partial charge in [0.2, 0.25) is 0 Å². The average Bonchev–Trinajstić information content (AvgIpc) is 4.11. The van der Waals surface area contributed by atoms with Crippen LogP contribution in [0.1, 0.15) is 107 Å². The Kier molecular flexibility index (Phi) is 8.36. The Hall–Kier alpha value is -7.62. The fourth-order valence-corrected chi connectivity index (χ4v) is 13.7. The third-order valence-corrected chi connectivity index (χ3v) is 17.1. The predicted octanol–water partition coefficient (Wildman–Crippen LogP) is 19.1. The summed E-state index contributed by atoms with van der Waals surface area (Å²) in [5, 5.41) is 4.76. The van der Waals surface area contributed by atoms with Gasteiger partial charge in [0.05, 0.1) is 0 Å². The van der Waals surface area contributed by atoms with Gasteiger partial charge in [-0.05, 0) is 139 Å². The molecule has 71 heavy (non-hydrogen) atoms. The average molecular weight is 920 g/mol. The van der Waals surface area contributed by atoms with Gasteiger partial charge in [0, 0.05) is 66.0 Å². The van der Waals surface area contributed by atoms with Crippen LogP contribution in [0.4, 0.5) is 17.1 Å². The van der Waals surface area contributed by atoms with Gasteiger partial charge in [0.25, 0.3) is 0 Å². The van der Waals surface area contributed by atoms with Crippen LogP contribution in [0.5, 0.6) is 0 Å². The van der Waals surface area contributed by atoms with Crippen LogP contribution < -0.4 is 4.90 Å². The van der Waals surface area contributed by atoms with E-state index in [-0.39, 0.29) is 21.7 Å². The summed E-state index contributed by atoms with van der Waals surface area (Å²) in [4.78, 5) is 2.50. The summed E-state index contributed by atoms with van der Waals surface area (Å²) in [5.74, 6) is 0. The molecule has 3 aliphatic carbocycles. The van der Waals surface area contributed by atoms with Gasteiger partial charge in [0.1, 0.15) is 22.3 Å². The first-order valence-corrected chi connectivity index (χ1v) is 25.4. The predicted molar refractivity (Wildman–Crippen MR) is 297 cm³/mol. The van der Waals surface area contributed by atoms with Crippen molar-refractivity contribution in [2.24, 2.45) is 0 Å². The molecule has 0 atom stereocenters. The topological polar surface area (TPSA) is 29.5 Å². The van der Waals surface area contributed by atoms with E-state index in [1.807, 2.05) is 0 Å². The lowest BCUT2D eigenvalue weighted by Gasteiger charge is -2.32. The molecule has 3 heteroatoms. The standard InChI is InChI=1S/C68H57NO2/c1-38-21-11-18-28-53(38)69(39-31-33-43-50(35-39)66(5,6)52-37-47(41-22-12-16-26-48(41)65(2,3)4)63-58(56(43)52)45-24-14-19-29-54(45)70-63)40-32-34-44-51(36-40)68(9,10)62-60(44)64-59(46-25-15-20-30-55(46)71-64)57-42-23-13-17-27-49(42)67(7,8)61(57)62/h11-37H,1-10H3. The van der Waals surface area contributed by atoms with Crippen molar-refractivity contribution in [3.8, 4) is 44.5 Å². The zero-order valence-corrected chi connectivity index (χ0v) is 42.4. The van der Waals surface area contributed by atoms with E-state index in [0.717, 1.165) is 50.3 Å². The van der Waals surface area contributed by atoms with Crippen molar-refractivity contribution >= 4 is 60.9 Å². The first kappa shape index (κ1) is 42.3. The molecule has 0 N–H and O–H groups in total. The maximum absolute atomic E-state index is 7.06. The van der Waals surface area contributed by atoms with E-state index >= 15 is 0 Å². The molecule has 0 radical (unpaired) electrons. The minimum atomic E-state index is -0.335. The van der Waals surface area contributed by atoms with Crippen LogP contribution in [-0.2, 0) is 21.7 Å². The summed E-state index contributed by atoms with van der Waals surface area (Å²) in [6.45, 7) is 23.7. The van der Waals surface area contributed by atoms with E-state index < -0.39 is 0 Å². The third kappa shape index (κ3) is 5.50. The van der Waals surface area contributed by atoms with Gasteiger partial charge >= 0.3 is 0 Å². The summed E-state index contributed by atoms with van der Waals surface area (Å²) < 4.78 is 14.0. The highest BCUT2D eigenvalue weighted by molar-refractivity contribution is 6.21. The molecular weight excluding hydrogens is 863 g/mol. The first-order chi connectivity index (χ1) is 34.1. The minimum absolute atomic E-state index is 0.0575. The van der Waals surface area contributed by atoms with Crippen molar-refractivity contribution in [2.45, 2.75) is 90.9 Å². The van der Waals surface area contributed by atoms with Gasteiger partial charge in [-0.25, -0.2) is 0 Å². The maximum atomic E-state index is 7.06. The number of hydrogen-bond donors (Lipinski definition) is 0. The first-order valence-electron chi connectivity index (χ1n) is 25.4. The molecule has 0 bridgehead atoms. The Morgan fingerprint density at radius 1 is 0.408 bits per heavy atom. The van der Waals surface area contributed by atoms with E-state index in [1.54, 1.807) is 0 Å². The Morgan fingerprint density at radius 2 is 0.915 bits per heavy atom. The molecule has 0 saturated heterocycles. The number of furan rings is 2. The van der Waals surface area contributed by atoms with Gasteiger partial charge in [-0.3, -0.25) is 0 Å². The summed E-state index contributed by atoms with van der Waals surface area (Å²) in [6, 6.07) is 60.9. The van der Waals surface area contributed by atoms with Crippen molar-refractivity contribution in [1.29, 1.82) is 0 Å². The lowest BCUT2D eigenvalue weighted by Crippen LogP contribution is -2.24. The van der Waals surface area contributed by atoms with E-state index in [9.17, 15) is 0 Å². The molecular formula is C68H57NO2. The van der Waals surface area contributed by atoms with Crippen molar-refractivity contribution < 1.29 is 8.83 Å². The lowest BCUT2D eigenvalue weighted by atomic mass is 9.72. The molecule has 2 aromatic heterocycles. The van der Waals surface area contributed by atoms with Crippen LogP contribution in [0.3, 0.4) is 0 Å². The summed E-state index contributed by atoms with van der Waals surface area (Å²) in [5.41, 5.74) is 27.1. The van der Waals surface area contributed by atoms with Crippen LogP contribution in [-0.4, -0.2) is 0 Å². The highest BCUT2D eigenvalue weighted by atomic mass is 16.3. The molecule has 14 rings (SSSR count). The second kappa shape index (κ2) is 14.0. The molecule has 3 aliphatic rings. The zero-order valence-electron chi connectivity index (χ0n) is 42.4. The highest BCUT2D eigenvalue weighted by Crippen LogP contribution is 2.64. The number of nitrogens with zero attached hydrogens (tertiary/aromatic N) is 1. The second-order valence-corrected chi connectivity index (χ2v) is 23.2. The molecule has 9 aromatic carbocycles. The van der Waals surface area contributed by atoms with Crippen molar-refractivity contribution in [3.63, 3.8) is 0 Å². The van der Waals surface area contributed by atoms with Crippen molar-refractivity contribution in [1.82, 2.24) is 0 Å². The number of fused-ring (bicyclic) bond motifs is 19. The largest absolute Gasteiger partial charge is 0.455 e. The molecule has 346 valence electrons. The highest BCUT2D eigenvalue weighted by Gasteiger charge is 2.49. The number of rotatable bonds is 4. The Bertz CT molecular complexity index is 4140. The molecule has 0 saturated carbocycles. The smallest absolute Gasteiger partial charge is 0.144 e. The lowest BCUT2D eigenvalue weighted by molar-refractivity contribution is 0.591. The molecule has 0 unspecified atom stereocenters. The molecule has 3 nitrogen and oxygen atoms in total. The fraction of sp³-hybridized carbons (Fsp3) is 0.206. The molecule has 0 aliphatic heterocycles. The molecule has 0 fully saturated rings. The van der Waals surface area contributed by atoms with Crippen LogP contribution in [0, 0.1) is 6.92 Å². The SMILES string of the molecule is Cc1ccccc1N(c1ccc2c(c1)C(C)(C)c1cc(-c3ccccc3C(C)(C)C)c3oc4ccccc4c3c1-2)c1ccc2c(c1)C(C)(C)c1c3c(c4c(oc5ccccc54)c1-2)-c1ccccc1C3(C)C. The Balaban J connectivity index is 0.984. The van der Waals surface area contributed by atoms with E-state index in [2.05, 4.69) is 238 Å². The van der Waals surface area contributed by atoms with Crippen LogP contribution >= 0.6 is 0 Å². The van der Waals surface area contributed by atoms with Gasteiger partial charge < -0.3 is 13.7 Å². The normalized spacial score (nSPS) is 15.5. The van der Waals surface area contributed by atoms with Gasteiger partial charge in [-0.15, -0.1) is 0 Å². The second-order valence-electron chi connectivity index (χ2n) is 23.2. The maximum Gasteiger partial charge on any atom is 0.144 e.